The van der Waals surface area contributed by atoms with Gasteiger partial charge in [0.15, 0.2) is 0 Å². The van der Waals surface area contributed by atoms with Gasteiger partial charge in [0.1, 0.15) is 5.75 Å². The molecule has 33 heavy (non-hydrogen) atoms. The van der Waals surface area contributed by atoms with Crippen molar-refractivity contribution >= 4 is 5.91 Å². The van der Waals surface area contributed by atoms with Crippen molar-refractivity contribution in [2.75, 3.05) is 26.2 Å². The second-order valence-corrected chi connectivity index (χ2v) is 8.97. The number of carbonyl (C=O) groups excluding carboxylic acids is 1. The molecule has 2 heterocycles. The smallest absolute Gasteiger partial charge is 0.387 e. The fourth-order valence-electron chi connectivity index (χ4n) is 5.21. The number of halogens is 2. The highest BCUT2D eigenvalue weighted by molar-refractivity contribution is 5.78. The van der Waals surface area contributed by atoms with E-state index in [9.17, 15) is 13.6 Å². The molecule has 4 rings (SSSR count). The standard InChI is InChI=1S/C26H33F2N3O2/c27-26(28)33-22-12-10-20(11-13-22)14-15-29-25(32)19-31-17-5-9-24(31)23-8-4-16-30(23)18-21-6-2-1-3-7-21/h1-3,6-7,10-13,23-24,26H,4-5,8-9,14-19H2,(H,29,32)/t23-,24+/m0/s1. The summed E-state index contributed by atoms with van der Waals surface area (Å²) in [6.07, 6.45) is 5.35. The SMILES string of the molecule is O=C(CN1CCC[C@@H]1[C@@H]1CCCN1Cc1ccccc1)NCCc1ccc(OC(F)F)cc1. The van der Waals surface area contributed by atoms with Crippen LogP contribution in [0, 0.1) is 0 Å². The fraction of sp³-hybridized carbons (Fsp3) is 0.500. The van der Waals surface area contributed by atoms with Crippen LogP contribution in [0.4, 0.5) is 8.78 Å². The Morgan fingerprint density at radius 2 is 1.61 bits per heavy atom. The van der Waals surface area contributed by atoms with Gasteiger partial charge in [-0.3, -0.25) is 14.6 Å². The number of nitrogens with zero attached hydrogens (tertiary/aromatic N) is 2. The Bertz CT molecular complexity index is 879. The zero-order valence-corrected chi connectivity index (χ0v) is 19.0. The van der Waals surface area contributed by atoms with Crippen LogP contribution in [-0.4, -0.2) is 60.6 Å². The molecule has 1 N–H and O–H groups in total. The molecule has 1 amide bonds. The van der Waals surface area contributed by atoms with Crippen molar-refractivity contribution < 1.29 is 18.3 Å². The van der Waals surface area contributed by atoms with Crippen molar-refractivity contribution in [2.45, 2.75) is 57.3 Å². The normalized spacial score (nSPS) is 21.5. The zero-order valence-electron chi connectivity index (χ0n) is 19.0. The Hall–Kier alpha value is -2.51. The molecule has 2 aliphatic heterocycles. The molecule has 2 aliphatic rings. The van der Waals surface area contributed by atoms with Gasteiger partial charge in [-0.2, -0.15) is 8.78 Å². The van der Waals surface area contributed by atoms with Crippen molar-refractivity contribution in [3.8, 4) is 5.75 Å². The Balaban J connectivity index is 1.23. The number of hydrogen-bond donors (Lipinski definition) is 1. The second-order valence-electron chi connectivity index (χ2n) is 8.97. The highest BCUT2D eigenvalue weighted by Crippen LogP contribution is 2.30. The van der Waals surface area contributed by atoms with Crippen molar-refractivity contribution in [3.05, 3.63) is 65.7 Å². The maximum atomic E-state index is 12.6. The molecule has 2 aromatic carbocycles. The van der Waals surface area contributed by atoms with Gasteiger partial charge in [-0.25, -0.2) is 0 Å². The van der Waals surface area contributed by atoms with Crippen LogP contribution in [0.5, 0.6) is 5.75 Å². The number of carbonyl (C=O) groups is 1. The van der Waals surface area contributed by atoms with E-state index in [1.807, 2.05) is 0 Å². The van der Waals surface area contributed by atoms with Crippen molar-refractivity contribution in [3.63, 3.8) is 0 Å². The minimum Gasteiger partial charge on any atom is -0.435 e. The molecule has 2 atom stereocenters. The van der Waals surface area contributed by atoms with Crippen LogP contribution in [0.1, 0.15) is 36.8 Å². The summed E-state index contributed by atoms with van der Waals surface area (Å²) >= 11 is 0. The average molecular weight is 458 g/mol. The first kappa shape index (κ1) is 23.6. The third kappa shape index (κ3) is 6.74. The van der Waals surface area contributed by atoms with Gasteiger partial charge in [-0.15, -0.1) is 0 Å². The molecule has 0 aromatic heterocycles. The van der Waals surface area contributed by atoms with E-state index in [-0.39, 0.29) is 11.7 Å². The van der Waals surface area contributed by atoms with Gasteiger partial charge in [-0.1, -0.05) is 42.5 Å². The van der Waals surface area contributed by atoms with E-state index >= 15 is 0 Å². The van der Waals surface area contributed by atoms with Crippen molar-refractivity contribution in [1.82, 2.24) is 15.1 Å². The molecule has 2 fully saturated rings. The molecule has 5 nitrogen and oxygen atoms in total. The predicted molar refractivity (Wildman–Crippen MR) is 124 cm³/mol. The van der Waals surface area contributed by atoms with E-state index in [0.29, 0.717) is 31.6 Å². The molecule has 7 heteroatoms. The monoisotopic (exact) mass is 457 g/mol. The van der Waals surface area contributed by atoms with Gasteiger partial charge in [0.05, 0.1) is 6.54 Å². The third-order valence-electron chi connectivity index (χ3n) is 6.73. The zero-order chi connectivity index (χ0) is 23.0. The van der Waals surface area contributed by atoms with E-state index in [0.717, 1.165) is 38.0 Å². The molecular weight excluding hydrogens is 424 g/mol. The summed E-state index contributed by atoms with van der Waals surface area (Å²) in [5.74, 6) is 0.193. The first-order chi connectivity index (χ1) is 16.1. The Morgan fingerprint density at radius 3 is 2.30 bits per heavy atom. The summed E-state index contributed by atoms with van der Waals surface area (Å²) in [7, 11) is 0. The number of ether oxygens (including phenoxy) is 1. The molecule has 0 saturated carbocycles. The highest BCUT2D eigenvalue weighted by atomic mass is 19.3. The summed E-state index contributed by atoms with van der Waals surface area (Å²) in [6, 6.07) is 18.1. The highest BCUT2D eigenvalue weighted by Gasteiger charge is 2.38. The van der Waals surface area contributed by atoms with Crippen molar-refractivity contribution in [1.29, 1.82) is 0 Å². The van der Waals surface area contributed by atoms with Gasteiger partial charge in [0.25, 0.3) is 0 Å². The van der Waals surface area contributed by atoms with E-state index in [1.54, 1.807) is 12.1 Å². The number of hydrogen-bond acceptors (Lipinski definition) is 4. The topological polar surface area (TPSA) is 44.8 Å². The minimum absolute atomic E-state index is 0.0483. The van der Waals surface area contributed by atoms with Crippen LogP contribution in [0.25, 0.3) is 0 Å². The predicted octanol–water partition coefficient (Wildman–Crippen LogP) is 4.08. The van der Waals surface area contributed by atoms with Crippen LogP contribution >= 0.6 is 0 Å². The van der Waals surface area contributed by atoms with Gasteiger partial charge in [-0.05, 0) is 68.5 Å². The second kappa shape index (κ2) is 11.6. The Morgan fingerprint density at radius 1 is 0.939 bits per heavy atom. The summed E-state index contributed by atoms with van der Waals surface area (Å²) in [5, 5.41) is 3.02. The van der Waals surface area contributed by atoms with Gasteiger partial charge in [0, 0.05) is 25.2 Å². The Labute approximate surface area is 194 Å². The summed E-state index contributed by atoms with van der Waals surface area (Å²) in [4.78, 5) is 17.6. The summed E-state index contributed by atoms with van der Waals surface area (Å²) in [5.41, 5.74) is 2.32. The molecule has 2 aromatic rings. The van der Waals surface area contributed by atoms with E-state index in [4.69, 9.17) is 0 Å². The molecule has 178 valence electrons. The number of benzene rings is 2. The van der Waals surface area contributed by atoms with E-state index < -0.39 is 6.61 Å². The lowest BCUT2D eigenvalue weighted by Crippen LogP contribution is -2.48. The maximum absolute atomic E-state index is 12.6. The van der Waals surface area contributed by atoms with Crippen LogP contribution in [0.2, 0.25) is 0 Å². The lowest BCUT2D eigenvalue weighted by molar-refractivity contribution is -0.122. The van der Waals surface area contributed by atoms with Crippen LogP contribution in [0.15, 0.2) is 54.6 Å². The quantitative estimate of drug-likeness (QED) is 0.584. The van der Waals surface area contributed by atoms with Crippen LogP contribution in [0.3, 0.4) is 0 Å². The summed E-state index contributed by atoms with van der Waals surface area (Å²) in [6.45, 7) is 1.20. The lowest BCUT2D eigenvalue weighted by Gasteiger charge is -2.34. The number of amides is 1. The molecule has 0 spiro atoms. The maximum Gasteiger partial charge on any atom is 0.387 e. The molecular formula is C26H33F2N3O2. The largest absolute Gasteiger partial charge is 0.435 e. The number of rotatable bonds is 10. The van der Waals surface area contributed by atoms with Gasteiger partial charge >= 0.3 is 6.61 Å². The molecule has 0 radical (unpaired) electrons. The van der Waals surface area contributed by atoms with Gasteiger partial charge in [0.2, 0.25) is 5.91 Å². The first-order valence-corrected chi connectivity index (χ1v) is 11.9. The average Bonchev–Trinajstić information content (AvgIpc) is 3.44. The van der Waals surface area contributed by atoms with Crippen LogP contribution in [-0.2, 0) is 17.8 Å². The van der Waals surface area contributed by atoms with E-state index in [1.165, 1.54) is 30.5 Å². The molecule has 0 aliphatic carbocycles. The first-order valence-electron chi connectivity index (χ1n) is 11.9. The van der Waals surface area contributed by atoms with Crippen molar-refractivity contribution in [2.24, 2.45) is 0 Å². The van der Waals surface area contributed by atoms with Gasteiger partial charge < -0.3 is 10.1 Å². The lowest BCUT2D eigenvalue weighted by atomic mass is 10.0. The molecule has 0 unspecified atom stereocenters. The van der Waals surface area contributed by atoms with Crippen LogP contribution < -0.4 is 10.1 Å². The third-order valence-corrected chi connectivity index (χ3v) is 6.73. The Kier molecular flexibility index (Phi) is 8.29. The number of alkyl halides is 2. The van der Waals surface area contributed by atoms with E-state index in [2.05, 4.69) is 50.2 Å². The fourth-order valence-corrected chi connectivity index (χ4v) is 5.21. The summed E-state index contributed by atoms with van der Waals surface area (Å²) < 4.78 is 28.9. The minimum atomic E-state index is -2.82. The number of nitrogens with one attached hydrogen (secondary N) is 1. The number of likely N-dealkylation sites (tertiary alicyclic amines) is 2. The molecule has 2 saturated heterocycles. The molecule has 0 bridgehead atoms.